The summed E-state index contributed by atoms with van der Waals surface area (Å²) in [6.07, 6.45) is 0. The molecule has 0 bridgehead atoms. The summed E-state index contributed by atoms with van der Waals surface area (Å²) in [4.78, 5) is 18.4. The number of nitrogens with zero attached hydrogens (tertiary/aromatic N) is 3. The van der Waals surface area contributed by atoms with E-state index in [1.165, 1.54) is 11.5 Å². The average Bonchev–Trinajstić information content (AvgIpc) is 2.87. The van der Waals surface area contributed by atoms with Crippen LogP contribution >= 0.6 is 11.5 Å². The summed E-state index contributed by atoms with van der Waals surface area (Å²) < 4.78 is 9.51. The van der Waals surface area contributed by atoms with Crippen molar-refractivity contribution in [1.29, 1.82) is 0 Å². The summed E-state index contributed by atoms with van der Waals surface area (Å²) in [6.45, 7) is 8.52. The Balaban J connectivity index is 1.91. The Morgan fingerprint density at radius 1 is 1.37 bits per heavy atom. The highest BCUT2D eigenvalue weighted by Gasteiger charge is 2.23. The lowest BCUT2D eigenvalue weighted by Gasteiger charge is -2.29. The first-order chi connectivity index (χ1) is 9.08. The van der Waals surface area contributed by atoms with Crippen LogP contribution in [0.3, 0.4) is 0 Å². The molecular formula is C12H20N4O2S. The van der Waals surface area contributed by atoms with Crippen LogP contribution in [0, 0.1) is 0 Å². The van der Waals surface area contributed by atoms with E-state index in [2.05, 4.69) is 14.7 Å². The standard InChI is InChI=1S/C12H20N4O2S/c1-8(2)10-14-12(19-15-10)13-9(3)11(17)16-4-6-18-7-5-16/h8-9H,4-7H2,1-3H3,(H,13,14,15). The van der Waals surface area contributed by atoms with Crippen molar-refractivity contribution in [1.82, 2.24) is 14.3 Å². The fourth-order valence-electron chi connectivity index (χ4n) is 1.83. The number of aromatic nitrogens is 2. The maximum absolute atomic E-state index is 12.2. The van der Waals surface area contributed by atoms with Gasteiger partial charge in [0.25, 0.3) is 0 Å². The molecule has 1 aromatic heterocycles. The monoisotopic (exact) mass is 284 g/mol. The van der Waals surface area contributed by atoms with Crippen LogP contribution in [-0.4, -0.2) is 52.5 Å². The van der Waals surface area contributed by atoms with Gasteiger partial charge in [0.05, 0.1) is 13.2 Å². The van der Waals surface area contributed by atoms with Crippen LogP contribution in [0.4, 0.5) is 5.13 Å². The molecule has 0 aliphatic carbocycles. The quantitative estimate of drug-likeness (QED) is 0.903. The van der Waals surface area contributed by atoms with Crippen molar-refractivity contribution in [3.63, 3.8) is 0 Å². The van der Waals surface area contributed by atoms with Crippen LogP contribution in [0.5, 0.6) is 0 Å². The van der Waals surface area contributed by atoms with Crippen molar-refractivity contribution >= 4 is 22.6 Å². The molecule has 6 nitrogen and oxygen atoms in total. The summed E-state index contributed by atoms with van der Waals surface area (Å²) in [5, 5.41) is 3.83. The highest BCUT2D eigenvalue weighted by Crippen LogP contribution is 2.18. The van der Waals surface area contributed by atoms with E-state index >= 15 is 0 Å². The Morgan fingerprint density at radius 2 is 2.05 bits per heavy atom. The van der Waals surface area contributed by atoms with Gasteiger partial charge in [-0.2, -0.15) is 4.37 Å². The molecule has 1 fully saturated rings. The predicted octanol–water partition coefficient (Wildman–Crippen LogP) is 1.32. The van der Waals surface area contributed by atoms with Gasteiger partial charge >= 0.3 is 0 Å². The second-order valence-corrected chi connectivity index (χ2v) is 5.67. The molecule has 0 spiro atoms. The molecule has 2 heterocycles. The highest BCUT2D eigenvalue weighted by molar-refractivity contribution is 7.09. The van der Waals surface area contributed by atoms with Crippen molar-refractivity contribution in [2.75, 3.05) is 31.6 Å². The molecule has 7 heteroatoms. The summed E-state index contributed by atoms with van der Waals surface area (Å²) in [7, 11) is 0. The molecular weight excluding hydrogens is 264 g/mol. The number of carbonyl (C=O) groups is 1. The fraction of sp³-hybridized carbons (Fsp3) is 0.750. The van der Waals surface area contributed by atoms with Crippen LogP contribution in [-0.2, 0) is 9.53 Å². The van der Waals surface area contributed by atoms with Crippen molar-refractivity contribution in [3.05, 3.63) is 5.82 Å². The van der Waals surface area contributed by atoms with E-state index in [1.807, 2.05) is 25.7 Å². The van der Waals surface area contributed by atoms with Gasteiger partial charge in [0.2, 0.25) is 11.0 Å². The number of morpholine rings is 1. The van der Waals surface area contributed by atoms with E-state index in [0.717, 1.165) is 5.82 Å². The lowest BCUT2D eigenvalue weighted by atomic mass is 10.2. The number of ether oxygens (including phenoxy) is 1. The van der Waals surface area contributed by atoms with Gasteiger partial charge in [0.1, 0.15) is 11.9 Å². The lowest BCUT2D eigenvalue weighted by Crippen LogP contribution is -2.46. The van der Waals surface area contributed by atoms with Crippen molar-refractivity contribution in [2.45, 2.75) is 32.7 Å². The Hall–Kier alpha value is -1.21. The van der Waals surface area contributed by atoms with Gasteiger partial charge < -0.3 is 15.0 Å². The molecule has 1 N–H and O–H groups in total. The van der Waals surface area contributed by atoms with Crippen LogP contribution in [0.25, 0.3) is 0 Å². The van der Waals surface area contributed by atoms with E-state index in [4.69, 9.17) is 4.74 Å². The zero-order chi connectivity index (χ0) is 13.8. The van der Waals surface area contributed by atoms with Crippen LogP contribution in [0.1, 0.15) is 32.5 Å². The number of anilines is 1. The fourth-order valence-corrected chi connectivity index (χ4v) is 2.63. The normalized spacial score (nSPS) is 17.6. The van der Waals surface area contributed by atoms with Gasteiger partial charge in [0, 0.05) is 30.5 Å². The minimum atomic E-state index is -0.286. The van der Waals surface area contributed by atoms with E-state index in [0.29, 0.717) is 37.4 Å². The second kappa shape index (κ2) is 6.29. The van der Waals surface area contributed by atoms with Gasteiger partial charge in [-0.05, 0) is 6.92 Å². The van der Waals surface area contributed by atoms with Gasteiger partial charge in [0.15, 0.2) is 0 Å². The van der Waals surface area contributed by atoms with Crippen LogP contribution in [0.2, 0.25) is 0 Å². The molecule has 1 atom stereocenters. The molecule has 2 rings (SSSR count). The number of hydrogen-bond acceptors (Lipinski definition) is 6. The van der Waals surface area contributed by atoms with Gasteiger partial charge in [-0.25, -0.2) is 4.98 Å². The summed E-state index contributed by atoms with van der Waals surface area (Å²) in [5.74, 6) is 1.21. The topological polar surface area (TPSA) is 67.4 Å². The van der Waals surface area contributed by atoms with Crippen LogP contribution in [0.15, 0.2) is 0 Å². The molecule has 1 saturated heterocycles. The highest BCUT2D eigenvalue weighted by atomic mass is 32.1. The first-order valence-corrected chi connectivity index (χ1v) is 7.32. The number of hydrogen-bond donors (Lipinski definition) is 1. The maximum Gasteiger partial charge on any atom is 0.244 e. The van der Waals surface area contributed by atoms with Gasteiger partial charge in [-0.3, -0.25) is 4.79 Å². The average molecular weight is 284 g/mol. The molecule has 1 amide bonds. The second-order valence-electron chi connectivity index (χ2n) is 4.92. The van der Waals surface area contributed by atoms with Gasteiger partial charge in [-0.1, -0.05) is 13.8 Å². The third kappa shape index (κ3) is 3.63. The summed E-state index contributed by atoms with van der Waals surface area (Å²) >= 11 is 1.30. The Morgan fingerprint density at radius 3 is 2.63 bits per heavy atom. The molecule has 1 unspecified atom stereocenters. The minimum absolute atomic E-state index is 0.0876. The van der Waals surface area contributed by atoms with Crippen LogP contribution < -0.4 is 5.32 Å². The van der Waals surface area contributed by atoms with E-state index in [1.54, 1.807) is 0 Å². The Labute approximate surface area is 117 Å². The molecule has 19 heavy (non-hydrogen) atoms. The molecule has 106 valence electrons. The van der Waals surface area contributed by atoms with Gasteiger partial charge in [-0.15, -0.1) is 0 Å². The Bertz CT molecular complexity index is 429. The summed E-state index contributed by atoms with van der Waals surface area (Å²) in [6, 6.07) is -0.286. The number of amides is 1. The maximum atomic E-state index is 12.2. The molecule has 0 aromatic carbocycles. The van der Waals surface area contributed by atoms with Crippen molar-refractivity contribution < 1.29 is 9.53 Å². The van der Waals surface area contributed by atoms with E-state index in [9.17, 15) is 4.79 Å². The number of nitrogens with one attached hydrogen (secondary N) is 1. The third-order valence-electron chi connectivity index (χ3n) is 2.99. The molecule has 1 aromatic rings. The summed E-state index contributed by atoms with van der Waals surface area (Å²) in [5.41, 5.74) is 0. The molecule has 1 aliphatic rings. The SMILES string of the molecule is CC(Nc1nc(C(C)C)ns1)C(=O)N1CCOCC1. The van der Waals surface area contributed by atoms with E-state index in [-0.39, 0.29) is 11.9 Å². The number of rotatable bonds is 4. The first kappa shape index (κ1) is 14.2. The third-order valence-corrected chi connectivity index (χ3v) is 3.65. The number of carbonyl (C=O) groups excluding carboxylic acids is 1. The predicted molar refractivity (Wildman–Crippen MR) is 74.5 cm³/mol. The lowest BCUT2D eigenvalue weighted by molar-refractivity contribution is -0.135. The minimum Gasteiger partial charge on any atom is -0.378 e. The first-order valence-electron chi connectivity index (χ1n) is 6.54. The smallest absolute Gasteiger partial charge is 0.244 e. The Kier molecular flexibility index (Phi) is 4.71. The largest absolute Gasteiger partial charge is 0.378 e. The molecule has 1 aliphatic heterocycles. The van der Waals surface area contributed by atoms with Crippen molar-refractivity contribution in [3.8, 4) is 0 Å². The van der Waals surface area contributed by atoms with Crippen molar-refractivity contribution in [2.24, 2.45) is 0 Å². The zero-order valence-electron chi connectivity index (χ0n) is 11.5. The molecule has 0 radical (unpaired) electrons. The zero-order valence-corrected chi connectivity index (χ0v) is 12.4. The molecule has 0 saturated carbocycles. The van der Waals surface area contributed by atoms with E-state index < -0.39 is 0 Å².